The highest BCUT2D eigenvalue weighted by molar-refractivity contribution is 6.35. The fourth-order valence-electron chi connectivity index (χ4n) is 4.68. The molecule has 0 fully saturated rings. The van der Waals surface area contributed by atoms with Gasteiger partial charge in [-0.05, 0) is 56.3 Å². The van der Waals surface area contributed by atoms with E-state index in [1.807, 2.05) is 6.92 Å². The maximum absolute atomic E-state index is 14.6. The number of fused-ring (bicyclic) bond motifs is 2. The highest BCUT2D eigenvalue weighted by Crippen LogP contribution is 2.47. The van der Waals surface area contributed by atoms with Gasteiger partial charge in [-0.25, -0.2) is 9.37 Å². The van der Waals surface area contributed by atoms with E-state index >= 15 is 0 Å². The molecule has 0 spiro atoms. The van der Waals surface area contributed by atoms with Crippen LogP contribution in [-0.2, 0) is 22.4 Å². The zero-order chi connectivity index (χ0) is 30.6. The summed E-state index contributed by atoms with van der Waals surface area (Å²) in [6.07, 6.45) is -3.72. The normalized spacial score (nSPS) is 17.9. The lowest BCUT2D eigenvalue weighted by atomic mass is 9.81. The molecule has 0 saturated carbocycles. The molecule has 5 rings (SSSR count). The van der Waals surface area contributed by atoms with E-state index in [2.05, 4.69) is 15.4 Å². The van der Waals surface area contributed by atoms with Crippen molar-refractivity contribution < 1.29 is 37.0 Å². The van der Waals surface area contributed by atoms with Crippen LogP contribution in [0, 0.1) is 5.82 Å². The molecule has 4 N–H and O–H groups in total. The summed E-state index contributed by atoms with van der Waals surface area (Å²) in [6, 6.07) is 8.23. The molecule has 14 heteroatoms. The summed E-state index contributed by atoms with van der Waals surface area (Å²) in [7, 11) is 0. The number of nitrogens with two attached hydrogens (primary N) is 1. The molecular formula is C28H24ClF4N5O4. The summed E-state index contributed by atoms with van der Waals surface area (Å²) >= 11 is 6.26. The predicted octanol–water partition coefficient (Wildman–Crippen LogP) is 4.23. The molecule has 0 saturated heterocycles. The number of pyridine rings is 1. The first kappa shape index (κ1) is 29.3. The Morgan fingerprint density at radius 3 is 2.52 bits per heavy atom. The van der Waals surface area contributed by atoms with E-state index in [-0.39, 0.29) is 39.8 Å². The van der Waals surface area contributed by atoms with E-state index in [1.54, 1.807) is 10.9 Å². The second-order valence-electron chi connectivity index (χ2n) is 10.1. The number of carbonyl (C=O) groups excluding carboxylic acids is 2. The van der Waals surface area contributed by atoms with Crippen LogP contribution >= 0.6 is 11.6 Å². The van der Waals surface area contributed by atoms with Crippen molar-refractivity contribution in [2.24, 2.45) is 5.73 Å². The first-order valence-corrected chi connectivity index (χ1v) is 13.0. The summed E-state index contributed by atoms with van der Waals surface area (Å²) in [5.41, 5.74) is -0.342. The van der Waals surface area contributed by atoms with Crippen molar-refractivity contribution in [2.75, 3.05) is 13.2 Å². The van der Waals surface area contributed by atoms with Crippen molar-refractivity contribution in [3.63, 3.8) is 0 Å². The minimum Gasteiger partial charge on any atom is -0.489 e. The number of ether oxygens (including phenoxy) is 1. The molecule has 2 aromatic heterocycles. The molecule has 1 aliphatic rings. The molecule has 4 aromatic rings. The number of nitrogens with zero attached hydrogens (tertiary/aromatic N) is 3. The Kier molecular flexibility index (Phi) is 7.14. The van der Waals surface area contributed by atoms with E-state index < -0.39 is 47.1 Å². The Morgan fingerprint density at radius 2 is 1.90 bits per heavy atom. The van der Waals surface area contributed by atoms with Gasteiger partial charge in [-0.15, -0.1) is 0 Å². The summed E-state index contributed by atoms with van der Waals surface area (Å²) in [6.45, 7) is 2.11. The second kappa shape index (κ2) is 10.2. The van der Waals surface area contributed by atoms with Crippen LogP contribution in [0.4, 0.5) is 17.6 Å². The van der Waals surface area contributed by atoms with Gasteiger partial charge >= 0.3 is 6.18 Å². The lowest BCUT2D eigenvalue weighted by molar-refractivity contribution is -0.265. The first-order chi connectivity index (χ1) is 19.7. The van der Waals surface area contributed by atoms with Crippen LogP contribution < -0.4 is 15.8 Å². The average molecular weight is 606 g/mol. The van der Waals surface area contributed by atoms with Crippen molar-refractivity contribution in [3.05, 3.63) is 76.3 Å². The van der Waals surface area contributed by atoms with Crippen LogP contribution in [0.5, 0.6) is 5.75 Å². The zero-order valence-electron chi connectivity index (χ0n) is 22.2. The largest absolute Gasteiger partial charge is 0.489 e. The van der Waals surface area contributed by atoms with Gasteiger partial charge in [-0.1, -0.05) is 11.6 Å². The maximum Gasteiger partial charge on any atom is 0.424 e. The van der Waals surface area contributed by atoms with Gasteiger partial charge in [-0.2, -0.15) is 18.3 Å². The lowest BCUT2D eigenvalue weighted by Gasteiger charge is -2.31. The van der Waals surface area contributed by atoms with Gasteiger partial charge in [0.05, 0.1) is 17.3 Å². The number of aliphatic hydroxyl groups is 1. The number of aromatic nitrogens is 3. The van der Waals surface area contributed by atoms with Crippen LogP contribution in [0.25, 0.3) is 22.2 Å². The van der Waals surface area contributed by atoms with Crippen molar-refractivity contribution in [3.8, 4) is 17.0 Å². The van der Waals surface area contributed by atoms with E-state index in [0.29, 0.717) is 17.4 Å². The fourth-order valence-corrected chi connectivity index (χ4v) is 4.95. The number of alkyl halides is 3. The molecular weight excluding hydrogens is 582 g/mol. The molecule has 3 heterocycles. The van der Waals surface area contributed by atoms with E-state index in [4.69, 9.17) is 22.1 Å². The number of nitrogens with one attached hydrogen (secondary N) is 1. The molecule has 0 radical (unpaired) electrons. The van der Waals surface area contributed by atoms with Crippen LogP contribution in [0.2, 0.25) is 5.02 Å². The molecule has 1 aliphatic heterocycles. The first-order valence-electron chi connectivity index (χ1n) is 12.7. The van der Waals surface area contributed by atoms with E-state index in [0.717, 1.165) is 18.2 Å². The molecule has 0 bridgehead atoms. The predicted molar refractivity (Wildman–Crippen MR) is 144 cm³/mol. The molecule has 2 atom stereocenters. The second-order valence-corrected chi connectivity index (χ2v) is 10.6. The number of hydrogen-bond donors (Lipinski definition) is 3. The molecule has 9 nitrogen and oxygen atoms in total. The van der Waals surface area contributed by atoms with Gasteiger partial charge in [0.1, 0.15) is 34.8 Å². The molecule has 2 amide bonds. The van der Waals surface area contributed by atoms with Gasteiger partial charge in [-0.3, -0.25) is 14.3 Å². The zero-order valence-corrected chi connectivity index (χ0v) is 23.0. The number of primary amides is 1. The smallest absolute Gasteiger partial charge is 0.424 e. The summed E-state index contributed by atoms with van der Waals surface area (Å²) in [4.78, 5) is 29.4. The van der Waals surface area contributed by atoms with E-state index in [9.17, 15) is 32.3 Å². The van der Waals surface area contributed by atoms with Gasteiger partial charge in [0.25, 0.3) is 5.91 Å². The maximum atomic E-state index is 14.6. The van der Waals surface area contributed by atoms with Crippen LogP contribution in [0.1, 0.15) is 35.5 Å². The van der Waals surface area contributed by atoms with Gasteiger partial charge in [0, 0.05) is 34.8 Å². The molecule has 2 aromatic carbocycles. The number of aryl methyl sites for hydroxylation is 1. The van der Waals surface area contributed by atoms with Crippen molar-refractivity contribution in [1.29, 1.82) is 0 Å². The van der Waals surface area contributed by atoms with Crippen LogP contribution in [0.3, 0.4) is 0 Å². The molecule has 42 heavy (non-hydrogen) atoms. The Balaban J connectivity index is 1.58. The molecule has 0 aliphatic carbocycles. The monoisotopic (exact) mass is 605 g/mol. The Morgan fingerprint density at radius 1 is 1.21 bits per heavy atom. The van der Waals surface area contributed by atoms with Crippen molar-refractivity contribution in [1.82, 2.24) is 20.1 Å². The quantitative estimate of drug-likeness (QED) is 0.270. The number of benzene rings is 2. The third kappa shape index (κ3) is 4.81. The van der Waals surface area contributed by atoms with Crippen molar-refractivity contribution >= 4 is 34.3 Å². The standard InChI is InChI=1S/C28H24ClF4N5O4/c1-3-38-11-16-8-15(9-19(29)21(16)37-38)24(39)35-12-27(41,28(31,32)33)20-10-18-23(42-13-26(18,2)25(34)40)22(36-20)14-4-6-17(30)7-5-14/h4-11,41H,3,12-13H2,1-2H3,(H2,34,40)(H,35,39)/t26-,27?/m0/s1. The highest BCUT2D eigenvalue weighted by atomic mass is 35.5. The summed E-state index contributed by atoms with van der Waals surface area (Å²) in [5.74, 6) is -2.47. The summed E-state index contributed by atoms with van der Waals surface area (Å²) < 4.78 is 64.7. The number of rotatable bonds is 7. The minimum atomic E-state index is -5.35. The Bertz CT molecular complexity index is 1730. The van der Waals surface area contributed by atoms with E-state index in [1.165, 1.54) is 31.2 Å². The topological polar surface area (TPSA) is 132 Å². The summed E-state index contributed by atoms with van der Waals surface area (Å²) in [5, 5.41) is 18.2. The third-order valence-corrected chi connectivity index (χ3v) is 7.62. The number of carbonyl (C=O) groups is 2. The SMILES string of the molecule is CCn1cc2cc(C(=O)NCC(O)(c3cc4c(c(-c5ccc(F)cc5)n3)OC[C@]4(C)C(N)=O)C(F)(F)F)cc(Cl)c2n1. The van der Waals surface area contributed by atoms with Gasteiger partial charge in [0.2, 0.25) is 11.5 Å². The highest BCUT2D eigenvalue weighted by Gasteiger charge is 2.57. The number of hydrogen-bond acceptors (Lipinski definition) is 6. The average Bonchev–Trinajstić information content (AvgIpc) is 3.53. The molecule has 1 unspecified atom stereocenters. The Hall–Kier alpha value is -4.23. The van der Waals surface area contributed by atoms with Gasteiger partial charge < -0.3 is 20.9 Å². The lowest BCUT2D eigenvalue weighted by Crippen LogP contribution is -2.51. The van der Waals surface area contributed by atoms with Gasteiger partial charge in [0.15, 0.2) is 0 Å². The molecule has 220 valence electrons. The minimum absolute atomic E-state index is 0.0317. The third-order valence-electron chi connectivity index (χ3n) is 7.33. The van der Waals surface area contributed by atoms with Crippen molar-refractivity contribution in [2.45, 2.75) is 37.6 Å². The fraction of sp³-hybridized carbons (Fsp3) is 0.286. The number of halogens is 5. The number of amides is 2. The van der Waals surface area contributed by atoms with Crippen LogP contribution in [0.15, 0.2) is 48.7 Å². The van der Waals surface area contributed by atoms with Crippen LogP contribution in [-0.4, -0.2) is 51.0 Å². The Labute approximate surface area is 241 Å².